The fraction of sp³-hybridized carbons (Fsp3) is 0.321. The average Bonchev–Trinajstić information content (AvgIpc) is 3.56. The molecule has 3 N–H and O–H groups in total. The minimum Gasteiger partial charge on any atom is -0.396 e. The van der Waals surface area contributed by atoms with Crippen molar-refractivity contribution in [3.63, 3.8) is 0 Å². The molecule has 1 amide bonds. The quantitative estimate of drug-likeness (QED) is 0.443. The molecule has 5 nitrogen and oxygen atoms in total. The van der Waals surface area contributed by atoms with Crippen molar-refractivity contribution in [2.24, 2.45) is 23.7 Å². The number of carbonyl (C=O) groups is 1. The minimum absolute atomic E-state index is 0.0412. The van der Waals surface area contributed by atoms with Gasteiger partial charge < -0.3 is 20.1 Å². The molecule has 0 bridgehead atoms. The van der Waals surface area contributed by atoms with E-state index in [2.05, 4.69) is 29.2 Å². The molecule has 1 saturated carbocycles. The van der Waals surface area contributed by atoms with Crippen LogP contribution in [0.4, 0.5) is 0 Å². The topological polar surface area (TPSA) is 76.6 Å². The number of fused-ring (bicyclic) bond motifs is 3. The normalized spacial score (nSPS) is 24.6. The van der Waals surface area contributed by atoms with E-state index in [0.717, 1.165) is 39.4 Å². The molecule has 0 spiro atoms. The van der Waals surface area contributed by atoms with Crippen LogP contribution in [0.5, 0.6) is 0 Å². The first kappa shape index (κ1) is 20.5. The van der Waals surface area contributed by atoms with Gasteiger partial charge in [0.05, 0.1) is 0 Å². The smallest absolute Gasteiger partial charge is 0.254 e. The fourth-order valence-electron chi connectivity index (χ4n) is 6.36. The summed E-state index contributed by atoms with van der Waals surface area (Å²) in [6, 6.07) is 20.4. The third-order valence-corrected chi connectivity index (χ3v) is 8.02. The lowest BCUT2D eigenvalue weighted by molar-refractivity contribution is 0.0760. The second-order valence-corrected chi connectivity index (χ2v) is 9.61. The molecule has 4 atom stereocenters. The van der Waals surface area contributed by atoms with E-state index < -0.39 is 0 Å². The summed E-state index contributed by atoms with van der Waals surface area (Å²) in [5.74, 6) is 0.928. The molecule has 1 aliphatic carbocycles. The number of hydrogen-bond acceptors (Lipinski definition) is 3. The predicted octanol–water partition coefficient (Wildman–Crippen LogP) is 4.30. The number of hydrogen-bond donors (Lipinski definition) is 3. The molecule has 1 aliphatic heterocycles. The zero-order valence-corrected chi connectivity index (χ0v) is 18.4. The van der Waals surface area contributed by atoms with E-state index in [1.54, 1.807) is 0 Å². The number of H-pyrrole nitrogens is 1. The SMILES string of the molecule is O=C(c1ccc(-c2c[nH]c3ccccc23)c2ccccc12)N1C[C@@H]2[C@H](CO)C[C@H](CO)[C@@H]2C1. The maximum Gasteiger partial charge on any atom is 0.254 e. The molecular weight excluding hydrogens is 412 g/mol. The number of para-hydroxylation sites is 1. The highest BCUT2D eigenvalue weighted by Crippen LogP contribution is 2.46. The second-order valence-electron chi connectivity index (χ2n) is 9.61. The molecule has 0 radical (unpaired) electrons. The third kappa shape index (κ3) is 3.18. The molecule has 4 aromatic rings. The molecule has 1 aromatic heterocycles. The Morgan fingerprint density at radius 1 is 0.818 bits per heavy atom. The second kappa shape index (κ2) is 8.01. The summed E-state index contributed by atoms with van der Waals surface area (Å²) < 4.78 is 0. The predicted molar refractivity (Wildman–Crippen MR) is 130 cm³/mol. The molecule has 0 unspecified atom stereocenters. The van der Waals surface area contributed by atoms with Gasteiger partial charge in [-0.25, -0.2) is 0 Å². The first-order valence-electron chi connectivity index (χ1n) is 11.8. The zero-order chi connectivity index (χ0) is 22.5. The van der Waals surface area contributed by atoms with E-state index >= 15 is 0 Å². The molecule has 168 valence electrons. The summed E-state index contributed by atoms with van der Waals surface area (Å²) in [6.07, 6.45) is 2.90. The maximum atomic E-state index is 13.7. The highest BCUT2D eigenvalue weighted by Gasteiger charge is 2.48. The van der Waals surface area contributed by atoms with Crippen LogP contribution in [0.1, 0.15) is 16.8 Å². The number of aliphatic hydroxyl groups excluding tert-OH is 2. The van der Waals surface area contributed by atoms with Crippen LogP contribution in [-0.4, -0.2) is 52.3 Å². The molecule has 6 rings (SSSR count). The summed E-state index contributed by atoms with van der Waals surface area (Å²) in [6.45, 7) is 1.57. The number of carbonyl (C=O) groups excluding carboxylic acids is 1. The molecule has 33 heavy (non-hydrogen) atoms. The van der Waals surface area contributed by atoms with Crippen LogP contribution in [0.25, 0.3) is 32.8 Å². The monoisotopic (exact) mass is 440 g/mol. The largest absolute Gasteiger partial charge is 0.396 e. The van der Waals surface area contributed by atoms with Crippen molar-refractivity contribution < 1.29 is 15.0 Å². The molecular formula is C28H28N2O3. The highest BCUT2D eigenvalue weighted by molar-refractivity contribution is 6.13. The van der Waals surface area contributed by atoms with E-state index in [9.17, 15) is 15.0 Å². The molecule has 5 heteroatoms. The fourth-order valence-corrected chi connectivity index (χ4v) is 6.36. The van der Waals surface area contributed by atoms with Gasteiger partial charge in [0.2, 0.25) is 0 Å². The number of nitrogens with one attached hydrogen (secondary N) is 1. The summed E-state index contributed by atoms with van der Waals surface area (Å²) >= 11 is 0. The Balaban J connectivity index is 1.39. The molecule has 2 heterocycles. The minimum atomic E-state index is 0.0412. The summed E-state index contributed by atoms with van der Waals surface area (Å²) in [7, 11) is 0. The summed E-state index contributed by atoms with van der Waals surface area (Å²) in [4.78, 5) is 19.0. The Labute approximate surface area is 192 Å². The summed E-state index contributed by atoms with van der Waals surface area (Å²) in [5, 5.41) is 22.8. The molecule has 2 fully saturated rings. The van der Waals surface area contributed by atoms with Gasteiger partial charge in [-0.2, -0.15) is 0 Å². The number of aliphatic hydroxyl groups is 2. The van der Waals surface area contributed by atoms with Gasteiger partial charge in [-0.15, -0.1) is 0 Å². The van der Waals surface area contributed by atoms with Crippen LogP contribution in [0.2, 0.25) is 0 Å². The van der Waals surface area contributed by atoms with Gasteiger partial charge in [0, 0.05) is 54.5 Å². The van der Waals surface area contributed by atoms with Gasteiger partial charge in [-0.05, 0) is 58.6 Å². The van der Waals surface area contributed by atoms with Crippen molar-refractivity contribution in [2.45, 2.75) is 6.42 Å². The number of aromatic nitrogens is 1. The van der Waals surface area contributed by atoms with Crippen molar-refractivity contribution in [3.8, 4) is 11.1 Å². The van der Waals surface area contributed by atoms with Crippen molar-refractivity contribution in [2.75, 3.05) is 26.3 Å². The molecule has 1 saturated heterocycles. The van der Waals surface area contributed by atoms with E-state index in [1.165, 1.54) is 5.39 Å². The Bertz CT molecular complexity index is 1330. The standard InChI is InChI=1S/C28H28N2O3/c31-15-17-11-18(16-32)26-14-30(13-25(17)26)28(33)23-10-9-21(19-5-1-2-6-20(19)23)24-12-29-27-8-4-3-7-22(24)27/h1-10,12,17-18,25-26,29,31-32H,11,13-16H2/t17-,18+,25+,26-. The first-order valence-corrected chi connectivity index (χ1v) is 11.8. The van der Waals surface area contributed by atoms with E-state index in [4.69, 9.17) is 0 Å². The summed E-state index contributed by atoms with van der Waals surface area (Å²) in [5.41, 5.74) is 4.05. The third-order valence-electron chi connectivity index (χ3n) is 8.02. The van der Waals surface area contributed by atoms with Crippen LogP contribution in [0, 0.1) is 23.7 Å². The van der Waals surface area contributed by atoms with Gasteiger partial charge in [-0.1, -0.05) is 48.5 Å². The van der Waals surface area contributed by atoms with Gasteiger partial charge >= 0.3 is 0 Å². The number of benzene rings is 3. The van der Waals surface area contributed by atoms with E-state index in [0.29, 0.717) is 13.1 Å². The lowest BCUT2D eigenvalue weighted by atomic mass is 9.91. The van der Waals surface area contributed by atoms with Crippen molar-refractivity contribution in [1.29, 1.82) is 0 Å². The number of rotatable bonds is 4. The van der Waals surface area contributed by atoms with Gasteiger partial charge in [0.1, 0.15) is 0 Å². The Morgan fingerprint density at radius 3 is 2.15 bits per heavy atom. The lowest BCUT2D eigenvalue weighted by Gasteiger charge is -2.22. The van der Waals surface area contributed by atoms with Crippen molar-refractivity contribution in [3.05, 3.63) is 72.4 Å². The Morgan fingerprint density at radius 2 is 1.45 bits per heavy atom. The van der Waals surface area contributed by atoms with E-state index in [-0.39, 0.29) is 42.8 Å². The number of likely N-dealkylation sites (tertiary alicyclic amines) is 1. The number of nitrogens with zero attached hydrogens (tertiary/aromatic N) is 1. The van der Waals surface area contributed by atoms with Crippen LogP contribution >= 0.6 is 0 Å². The van der Waals surface area contributed by atoms with Crippen LogP contribution < -0.4 is 0 Å². The lowest BCUT2D eigenvalue weighted by Crippen LogP contribution is -2.31. The van der Waals surface area contributed by atoms with Gasteiger partial charge in [0.15, 0.2) is 0 Å². The number of aromatic amines is 1. The van der Waals surface area contributed by atoms with Crippen LogP contribution in [0.15, 0.2) is 66.9 Å². The highest BCUT2D eigenvalue weighted by atomic mass is 16.3. The van der Waals surface area contributed by atoms with Crippen molar-refractivity contribution in [1.82, 2.24) is 9.88 Å². The van der Waals surface area contributed by atoms with E-state index in [1.807, 2.05) is 47.5 Å². The zero-order valence-electron chi connectivity index (χ0n) is 18.4. The maximum absolute atomic E-state index is 13.7. The van der Waals surface area contributed by atoms with Crippen LogP contribution in [-0.2, 0) is 0 Å². The van der Waals surface area contributed by atoms with Gasteiger partial charge in [0.25, 0.3) is 5.91 Å². The first-order chi connectivity index (χ1) is 16.2. The van der Waals surface area contributed by atoms with Crippen LogP contribution in [0.3, 0.4) is 0 Å². The average molecular weight is 441 g/mol. The molecule has 2 aliphatic rings. The molecule has 3 aromatic carbocycles. The Hall–Kier alpha value is -3.15. The van der Waals surface area contributed by atoms with Crippen molar-refractivity contribution >= 4 is 27.6 Å². The number of amides is 1. The van der Waals surface area contributed by atoms with Gasteiger partial charge in [-0.3, -0.25) is 4.79 Å². The Kier molecular flexibility index (Phi) is 4.97.